The Morgan fingerprint density at radius 2 is 1.88 bits per heavy atom. The zero-order valence-electron chi connectivity index (χ0n) is 10.7. The van der Waals surface area contributed by atoms with Gasteiger partial charge in [-0.15, -0.1) is 0 Å². The number of aliphatic hydroxyl groups excluding tert-OH is 1. The van der Waals surface area contributed by atoms with Crippen molar-refractivity contribution in [3.63, 3.8) is 0 Å². The second-order valence-electron chi connectivity index (χ2n) is 5.15. The van der Waals surface area contributed by atoms with E-state index < -0.39 is 0 Å². The molecule has 0 bridgehead atoms. The smallest absolute Gasteiger partial charge is 0.0515 e. The van der Waals surface area contributed by atoms with Crippen LogP contribution in [0.25, 0.3) is 0 Å². The van der Waals surface area contributed by atoms with Crippen LogP contribution in [0.15, 0.2) is 24.3 Å². The lowest BCUT2D eigenvalue weighted by Crippen LogP contribution is -2.26. The molecular weight excluding hydrogens is 210 g/mol. The summed E-state index contributed by atoms with van der Waals surface area (Å²) in [5.74, 6) is 0.738. The summed E-state index contributed by atoms with van der Waals surface area (Å²) in [5, 5.41) is 12.7. The minimum Gasteiger partial charge on any atom is -0.393 e. The van der Waals surface area contributed by atoms with E-state index in [0.717, 1.165) is 31.8 Å². The van der Waals surface area contributed by atoms with E-state index in [1.807, 2.05) is 6.92 Å². The molecule has 2 heteroatoms. The number of aryl methyl sites for hydroxylation is 1. The summed E-state index contributed by atoms with van der Waals surface area (Å²) in [6.45, 7) is 4.15. The molecular formula is C15H23NO. The Morgan fingerprint density at radius 1 is 1.24 bits per heavy atom. The lowest BCUT2D eigenvalue weighted by molar-refractivity contribution is 0.185. The predicted octanol–water partition coefficient (Wildman–Crippen LogP) is 2.47. The van der Waals surface area contributed by atoms with Gasteiger partial charge in [-0.3, -0.25) is 0 Å². The quantitative estimate of drug-likeness (QED) is 0.837. The number of piperidine rings is 1. The Hall–Kier alpha value is -0.860. The normalized spacial score (nSPS) is 19.2. The summed E-state index contributed by atoms with van der Waals surface area (Å²) < 4.78 is 0. The lowest BCUT2D eigenvalue weighted by Gasteiger charge is -2.23. The summed E-state index contributed by atoms with van der Waals surface area (Å²) in [6, 6.07) is 8.99. The summed E-state index contributed by atoms with van der Waals surface area (Å²) in [6.07, 6.45) is 4.15. The fourth-order valence-electron chi connectivity index (χ4n) is 2.49. The van der Waals surface area contributed by atoms with Crippen molar-refractivity contribution in [1.29, 1.82) is 0 Å². The van der Waals surface area contributed by atoms with Crippen molar-refractivity contribution in [2.45, 2.75) is 44.6 Å². The van der Waals surface area contributed by atoms with Gasteiger partial charge in [-0.1, -0.05) is 24.3 Å². The molecule has 1 unspecified atom stereocenters. The molecule has 0 saturated carbocycles. The highest BCUT2D eigenvalue weighted by atomic mass is 16.3. The second-order valence-corrected chi connectivity index (χ2v) is 5.15. The number of aliphatic hydroxyl groups is 1. The lowest BCUT2D eigenvalue weighted by atomic mass is 9.89. The van der Waals surface area contributed by atoms with E-state index in [1.165, 1.54) is 24.0 Å². The molecule has 0 amide bonds. The first-order valence-corrected chi connectivity index (χ1v) is 6.73. The molecule has 94 valence electrons. The van der Waals surface area contributed by atoms with Gasteiger partial charge in [0.15, 0.2) is 0 Å². The van der Waals surface area contributed by atoms with Gasteiger partial charge in [0.1, 0.15) is 0 Å². The van der Waals surface area contributed by atoms with Gasteiger partial charge in [0, 0.05) is 0 Å². The maximum Gasteiger partial charge on any atom is 0.0515 e. The second kappa shape index (κ2) is 6.18. The van der Waals surface area contributed by atoms with Crippen molar-refractivity contribution in [3.8, 4) is 0 Å². The van der Waals surface area contributed by atoms with Crippen LogP contribution in [0.5, 0.6) is 0 Å². The molecule has 0 spiro atoms. The summed E-state index contributed by atoms with van der Waals surface area (Å²) in [7, 11) is 0. The first-order chi connectivity index (χ1) is 8.25. The van der Waals surface area contributed by atoms with Crippen molar-refractivity contribution < 1.29 is 5.11 Å². The van der Waals surface area contributed by atoms with Crippen molar-refractivity contribution in [1.82, 2.24) is 5.32 Å². The number of hydrogen-bond donors (Lipinski definition) is 2. The zero-order valence-corrected chi connectivity index (χ0v) is 10.7. The van der Waals surface area contributed by atoms with E-state index in [1.54, 1.807) is 0 Å². The maximum absolute atomic E-state index is 9.27. The molecule has 1 heterocycles. The van der Waals surface area contributed by atoms with Crippen molar-refractivity contribution in [2.75, 3.05) is 13.1 Å². The standard InChI is InChI=1S/C15H23NO/c1-12(17)2-3-13-4-6-14(7-5-13)15-8-10-16-11-9-15/h4-7,12,15-17H,2-3,8-11H2,1H3. The molecule has 0 radical (unpaired) electrons. The summed E-state index contributed by atoms with van der Waals surface area (Å²) in [4.78, 5) is 0. The molecule has 1 aliphatic rings. The van der Waals surface area contributed by atoms with Crippen LogP contribution in [-0.2, 0) is 6.42 Å². The van der Waals surface area contributed by atoms with Crippen LogP contribution < -0.4 is 5.32 Å². The fourth-order valence-corrected chi connectivity index (χ4v) is 2.49. The summed E-state index contributed by atoms with van der Waals surface area (Å²) in [5.41, 5.74) is 2.82. The van der Waals surface area contributed by atoms with E-state index in [0.29, 0.717) is 0 Å². The first kappa shape index (κ1) is 12.6. The van der Waals surface area contributed by atoms with Crippen LogP contribution in [0.4, 0.5) is 0 Å². The molecule has 2 rings (SSSR count). The highest BCUT2D eigenvalue weighted by Crippen LogP contribution is 2.25. The summed E-state index contributed by atoms with van der Waals surface area (Å²) >= 11 is 0. The van der Waals surface area contributed by atoms with Gasteiger partial charge < -0.3 is 10.4 Å². The monoisotopic (exact) mass is 233 g/mol. The molecule has 2 nitrogen and oxygen atoms in total. The van der Waals surface area contributed by atoms with E-state index in [2.05, 4.69) is 29.6 Å². The Balaban J connectivity index is 1.92. The van der Waals surface area contributed by atoms with Gasteiger partial charge in [0.05, 0.1) is 6.10 Å². The highest BCUT2D eigenvalue weighted by Gasteiger charge is 2.14. The molecule has 1 aliphatic heterocycles. The molecule has 1 aromatic carbocycles. The predicted molar refractivity (Wildman–Crippen MR) is 71.3 cm³/mol. The minimum absolute atomic E-state index is 0.195. The van der Waals surface area contributed by atoms with Gasteiger partial charge in [-0.25, -0.2) is 0 Å². The van der Waals surface area contributed by atoms with Crippen LogP contribution in [0.1, 0.15) is 43.2 Å². The average Bonchev–Trinajstić information content (AvgIpc) is 2.38. The maximum atomic E-state index is 9.27. The Morgan fingerprint density at radius 3 is 2.47 bits per heavy atom. The Kier molecular flexibility index (Phi) is 4.57. The fraction of sp³-hybridized carbons (Fsp3) is 0.600. The van der Waals surface area contributed by atoms with Gasteiger partial charge in [0.2, 0.25) is 0 Å². The van der Waals surface area contributed by atoms with E-state index in [4.69, 9.17) is 0 Å². The van der Waals surface area contributed by atoms with Crippen molar-refractivity contribution >= 4 is 0 Å². The number of rotatable bonds is 4. The van der Waals surface area contributed by atoms with Crippen LogP contribution >= 0.6 is 0 Å². The molecule has 1 saturated heterocycles. The van der Waals surface area contributed by atoms with Crippen molar-refractivity contribution in [3.05, 3.63) is 35.4 Å². The highest BCUT2D eigenvalue weighted by molar-refractivity contribution is 5.26. The van der Waals surface area contributed by atoms with Crippen LogP contribution in [0.2, 0.25) is 0 Å². The van der Waals surface area contributed by atoms with Gasteiger partial charge in [0.25, 0.3) is 0 Å². The molecule has 1 aromatic rings. The van der Waals surface area contributed by atoms with E-state index in [9.17, 15) is 5.11 Å². The third-order valence-electron chi connectivity index (χ3n) is 3.64. The third kappa shape index (κ3) is 3.83. The number of hydrogen-bond acceptors (Lipinski definition) is 2. The van der Waals surface area contributed by atoms with Gasteiger partial charge in [-0.05, 0) is 62.7 Å². The zero-order chi connectivity index (χ0) is 12.1. The molecule has 0 aromatic heterocycles. The Bertz CT molecular complexity index is 325. The Labute approximate surface area is 104 Å². The van der Waals surface area contributed by atoms with Gasteiger partial charge in [-0.2, -0.15) is 0 Å². The SMILES string of the molecule is CC(O)CCc1ccc(C2CCNCC2)cc1. The van der Waals surface area contributed by atoms with E-state index in [-0.39, 0.29) is 6.10 Å². The largest absolute Gasteiger partial charge is 0.393 e. The van der Waals surface area contributed by atoms with Crippen molar-refractivity contribution in [2.24, 2.45) is 0 Å². The average molecular weight is 233 g/mol. The molecule has 1 atom stereocenters. The minimum atomic E-state index is -0.195. The number of benzene rings is 1. The molecule has 1 fully saturated rings. The van der Waals surface area contributed by atoms with Crippen LogP contribution in [0.3, 0.4) is 0 Å². The van der Waals surface area contributed by atoms with Gasteiger partial charge >= 0.3 is 0 Å². The molecule has 2 N–H and O–H groups in total. The van der Waals surface area contributed by atoms with Crippen LogP contribution in [-0.4, -0.2) is 24.3 Å². The topological polar surface area (TPSA) is 32.3 Å². The molecule has 0 aliphatic carbocycles. The van der Waals surface area contributed by atoms with E-state index >= 15 is 0 Å². The van der Waals surface area contributed by atoms with Crippen LogP contribution in [0, 0.1) is 0 Å². The number of nitrogens with one attached hydrogen (secondary N) is 1. The first-order valence-electron chi connectivity index (χ1n) is 6.73. The molecule has 17 heavy (non-hydrogen) atoms. The third-order valence-corrected chi connectivity index (χ3v) is 3.64.